The summed E-state index contributed by atoms with van der Waals surface area (Å²) in [6.07, 6.45) is 0.505. The van der Waals surface area contributed by atoms with Crippen LogP contribution in [0.1, 0.15) is 21.8 Å². The van der Waals surface area contributed by atoms with Gasteiger partial charge in [0.1, 0.15) is 5.76 Å². The van der Waals surface area contributed by atoms with E-state index in [4.69, 9.17) is 4.52 Å². The van der Waals surface area contributed by atoms with Gasteiger partial charge >= 0.3 is 5.97 Å². The highest BCUT2D eigenvalue weighted by Crippen LogP contribution is 2.29. The molecule has 3 aromatic rings. The van der Waals surface area contributed by atoms with Crippen LogP contribution in [0.15, 0.2) is 65.2 Å². The average Bonchev–Trinajstić information content (AvgIpc) is 2.93. The zero-order valence-electron chi connectivity index (χ0n) is 11.2. The van der Waals surface area contributed by atoms with Gasteiger partial charge in [-0.05, 0) is 11.1 Å². The number of aromatic carboxylic acids is 1. The maximum Gasteiger partial charge on any atom is 0.358 e. The second kappa shape index (κ2) is 5.63. The highest BCUT2D eigenvalue weighted by atomic mass is 16.5. The van der Waals surface area contributed by atoms with Crippen molar-refractivity contribution >= 4 is 5.97 Å². The van der Waals surface area contributed by atoms with Crippen LogP contribution < -0.4 is 0 Å². The van der Waals surface area contributed by atoms with Crippen LogP contribution in [0.3, 0.4) is 0 Å². The summed E-state index contributed by atoms with van der Waals surface area (Å²) in [5.74, 6) is -0.526. The fourth-order valence-electron chi connectivity index (χ4n) is 2.27. The number of nitrogens with zero attached hydrogens (tertiary/aromatic N) is 1. The van der Waals surface area contributed by atoms with E-state index in [2.05, 4.69) is 5.16 Å². The Morgan fingerprint density at radius 3 is 2.24 bits per heavy atom. The van der Waals surface area contributed by atoms with Crippen molar-refractivity contribution in [2.24, 2.45) is 0 Å². The first-order valence-corrected chi connectivity index (χ1v) is 6.57. The van der Waals surface area contributed by atoms with E-state index in [1.54, 1.807) is 0 Å². The highest BCUT2D eigenvalue weighted by Gasteiger charge is 2.22. The molecule has 0 aliphatic rings. The molecule has 0 radical (unpaired) electrons. The average molecular weight is 279 g/mol. The highest BCUT2D eigenvalue weighted by molar-refractivity contribution is 5.94. The summed E-state index contributed by atoms with van der Waals surface area (Å²) >= 11 is 0. The molecule has 4 heteroatoms. The molecule has 0 saturated heterocycles. The number of carboxylic acid groups (broad SMARTS) is 1. The molecule has 0 spiro atoms. The van der Waals surface area contributed by atoms with Crippen LogP contribution in [-0.4, -0.2) is 16.2 Å². The molecule has 0 atom stereocenters. The molecular weight excluding hydrogens is 266 g/mol. The number of hydrogen-bond acceptors (Lipinski definition) is 3. The molecular formula is C17H13NO3. The second-order valence-corrected chi connectivity index (χ2v) is 4.66. The number of carboxylic acids is 1. The maximum atomic E-state index is 11.3. The zero-order chi connectivity index (χ0) is 14.7. The fraction of sp³-hybridized carbons (Fsp3) is 0.0588. The predicted molar refractivity (Wildman–Crippen MR) is 78.1 cm³/mol. The van der Waals surface area contributed by atoms with Crippen molar-refractivity contribution in [2.45, 2.75) is 6.42 Å². The van der Waals surface area contributed by atoms with Gasteiger partial charge in [0, 0.05) is 6.42 Å². The number of hydrogen-bond donors (Lipinski definition) is 1. The molecule has 1 N–H and O–H groups in total. The van der Waals surface area contributed by atoms with Crippen molar-refractivity contribution in [3.05, 3.63) is 77.7 Å². The van der Waals surface area contributed by atoms with Gasteiger partial charge < -0.3 is 9.63 Å². The van der Waals surface area contributed by atoms with Crippen LogP contribution in [0.4, 0.5) is 0 Å². The van der Waals surface area contributed by atoms with E-state index < -0.39 is 5.97 Å². The number of aromatic nitrogens is 1. The summed E-state index contributed by atoms with van der Waals surface area (Å²) in [5.41, 5.74) is 2.34. The Hall–Kier alpha value is -2.88. The Morgan fingerprint density at radius 1 is 1.00 bits per heavy atom. The molecule has 0 bridgehead atoms. The lowest BCUT2D eigenvalue weighted by molar-refractivity contribution is 0.0686. The van der Waals surface area contributed by atoms with Crippen molar-refractivity contribution in [3.8, 4) is 11.1 Å². The van der Waals surface area contributed by atoms with Gasteiger partial charge in [-0.2, -0.15) is 0 Å². The van der Waals surface area contributed by atoms with Gasteiger partial charge in [-0.15, -0.1) is 0 Å². The summed E-state index contributed by atoms with van der Waals surface area (Å²) in [6, 6.07) is 19.1. The Labute approximate surface area is 121 Å². The van der Waals surface area contributed by atoms with Gasteiger partial charge in [0.15, 0.2) is 5.69 Å². The molecule has 0 fully saturated rings. The lowest BCUT2D eigenvalue weighted by Gasteiger charge is -2.03. The van der Waals surface area contributed by atoms with Gasteiger partial charge in [-0.1, -0.05) is 65.8 Å². The lowest BCUT2D eigenvalue weighted by Crippen LogP contribution is -1.99. The van der Waals surface area contributed by atoms with E-state index in [0.717, 1.165) is 11.1 Å². The second-order valence-electron chi connectivity index (χ2n) is 4.66. The standard InChI is InChI=1S/C17H13NO3/c19-17(20)16-15(13-9-5-2-6-10-13)14(21-18-16)11-12-7-3-1-4-8-12/h1-10H,11H2,(H,19,20). The molecule has 3 rings (SSSR count). The van der Waals surface area contributed by atoms with E-state index in [1.807, 2.05) is 60.7 Å². The summed E-state index contributed by atoms with van der Waals surface area (Å²) in [6.45, 7) is 0. The zero-order valence-corrected chi connectivity index (χ0v) is 11.2. The number of benzene rings is 2. The predicted octanol–water partition coefficient (Wildman–Crippen LogP) is 3.63. The first-order valence-electron chi connectivity index (χ1n) is 6.57. The normalized spacial score (nSPS) is 10.5. The van der Waals surface area contributed by atoms with Gasteiger partial charge in [0.2, 0.25) is 0 Å². The Kier molecular flexibility index (Phi) is 3.51. The lowest BCUT2D eigenvalue weighted by atomic mass is 9.99. The van der Waals surface area contributed by atoms with Gasteiger partial charge in [0.05, 0.1) is 5.56 Å². The molecule has 1 heterocycles. The smallest absolute Gasteiger partial charge is 0.358 e. The SMILES string of the molecule is O=C(O)c1noc(Cc2ccccc2)c1-c1ccccc1. The van der Waals surface area contributed by atoms with Crippen molar-refractivity contribution in [3.63, 3.8) is 0 Å². The van der Waals surface area contributed by atoms with E-state index in [-0.39, 0.29) is 5.69 Å². The Morgan fingerprint density at radius 2 is 1.62 bits per heavy atom. The van der Waals surface area contributed by atoms with E-state index in [0.29, 0.717) is 17.7 Å². The first kappa shape index (κ1) is 13.1. The molecule has 0 unspecified atom stereocenters. The monoisotopic (exact) mass is 279 g/mol. The van der Waals surface area contributed by atoms with Crippen LogP contribution in [0, 0.1) is 0 Å². The van der Waals surface area contributed by atoms with E-state index in [1.165, 1.54) is 0 Å². The quantitative estimate of drug-likeness (QED) is 0.792. The number of carbonyl (C=O) groups is 1. The van der Waals surface area contributed by atoms with Crippen LogP contribution in [0.5, 0.6) is 0 Å². The van der Waals surface area contributed by atoms with Crippen molar-refractivity contribution in [1.82, 2.24) is 5.16 Å². The van der Waals surface area contributed by atoms with E-state index >= 15 is 0 Å². The topological polar surface area (TPSA) is 63.3 Å². The van der Waals surface area contributed by atoms with Crippen molar-refractivity contribution < 1.29 is 14.4 Å². The van der Waals surface area contributed by atoms with Crippen LogP contribution in [-0.2, 0) is 6.42 Å². The molecule has 0 amide bonds. The molecule has 104 valence electrons. The molecule has 1 aromatic heterocycles. The Balaban J connectivity index is 2.07. The third kappa shape index (κ3) is 2.69. The fourth-order valence-corrected chi connectivity index (χ4v) is 2.27. The largest absolute Gasteiger partial charge is 0.476 e. The molecule has 0 saturated carbocycles. The Bertz CT molecular complexity index is 748. The minimum Gasteiger partial charge on any atom is -0.476 e. The van der Waals surface area contributed by atoms with Crippen LogP contribution in [0.25, 0.3) is 11.1 Å². The van der Waals surface area contributed by atoms with Crippen molar-refractivity contribution in [1.29, 1.82) is 0 Å². The summed E-state index contributed by atoms with van der Waals surface area (Å²) in [7, 11) is 0. The number of rotatable bonds is 4. The third-order valence-electron chi connectivity index (χ3n) is 3.24. The van der Waals surface area contributed by atoms with Gasteiger partial charge in [0.25, 0.3) is 0 Å². The van der Waals surface area contributed by atoms with Crippen molar-refractivity contribution in [2.75, 3.05) is 0 Å². The molecule has 2 aromatic carbocycles. The van der Waals surface area contributed by atoms with Crippen LogP contribution >= 0.6 is 0 Å². The van der Waals surface area contributed by atoms with Crippen LogP contribution in [0.2, 0.25) is 0 Å². The van der Waals surface area contributed by atoms with E-state index in [9.17, 15) is 9.90 Å². The minimum absolute atomic E-state index is 0.0490. The summed E-state index contributed by atoms with van der Waals surface area (Å²) < 4.78 is 5.28. The maximum absolute atomic E-state index is 11.3. The van der Waals surface area contributed by atoms with Gasteiger partial charge in [-0.3, -0.25) is 0 Å². The molecule has 4 nitrogen and oxygen atoms in total. The molecule has 0 aliphatic heterocycles. The first-order chi connectivity index (χ1) is 10.3. The summed E-state index contributed by atoms with van der Waals surface area (Å²) in [5, 5.41) is 13.0. The molecule has 0 aliphatic carbocycles. The summed E-state index contributed by atoms with van der Waals surface area (Å²) in [4.78, 5) is 11.3. The molecule has 21 heavy (non-hydrogen) atoms. The van der Waals surface area contributed by atoms with Gasteiger partial charge in [-0.25, -0.2) is 4.79 Å². The minimum atomic E-state index is -1.09. The third-order valence-corrected chi connectivity index (χ3v) is 3.24.